The number of carboxylic acids is 2. The Bertz CT molecular complexity index is 1320. The molecule has 0 spiro atoms. The molecule has 1 saturated heterocycles. The van der Waals surface area contributed by atoms with Crippen molar-refractivity contribution in [2.75, 3.05) is 11.5 Å². The highest BCUT2D eigenvalue weighted by Crippen LogP contribution is 2.40. The molecule has 2 atom stereocenters. The molecule has 194 valence electrons. The Morgan fingerprint density at radius 1 is 1.30 bits per heavy atom. The van der Waals surface area contributed by atoms with E-state index in [-0.39, 0.29) is 22.2 Å². The average Bonchev–Trinajstić information content (AvgIpc) is 3.28. The molecule has 2 aromatic heterocycles. The number of β-lactam (4-membered cyclic amide) rings is 1. The molecule has 5 N–H and O–H groups in total. The minimum Gasteiger partial charge on any atom is -0.478 e. The molecule has 13 nitrogen and oxygen atoms in total. The van der Waals surface area contributed by atoms with E-state index >= 15 is 0 Å². The zero-order valence-corrected chi connectivity index (χ0v) is 21.3. The number of rotatable bonds is 9. The van der Waals surface area contributed by atoms with Crippen LogP contribution in [0.15, 0.2) is 52.4 Å². The fourth-order valence-corrected chi connectivity index (χ4v) is 5.46. The minimum atomic E-state index is -1.75. The average molecular weight is 548 g/mol. The number of pyridine rings is 1. The van der Waals surface area contributed by atoms with E-state index in [9.17, 15) is 29.4 Å². The highest BCUT2D eigenvalue weighted by atomic mass is 32.2. The Hall–Kier alpha value is -3.98. The lowest BCUT2D eigenvalue weighted by Gasteiger charge is -2.49. The molecule has 0 unspecified atom stereocenters. The van der Waals surface area contributed by atoms with Crippen molar-refractivity contribution in [2.45, 2.75) is 37.4 Å². The molecular formula is C22H23N6O7S2+. The van der Waals surface area contributed by atoms with E-state index < -0.39 is 40.8 Å². The van der Waals surface area contributed by atoms with Crippen molar-refractivity contribution < 1.29 is 38.8 Å². The van der Waals surface area contributed by atoms with Crippen molar-refractivity contribution >= 4 is 57.7 Å². The zero-order chi connectivity index (χ0) is 26.9. The van der Waals surface area contributed by atoms with Gasteiger partial charge in [-0.25, -0.2) is 19.1 Å². The summed E-state index contributed by atoms with van der Waals surface area (Å²) in [4.78, 5) is 59.9. The predicted molar refractivity (Wildman–Crippen MR) is 132 cm³/mol. The number of thiazole rings is 1. The molecule has 1 fully saturated rings. The van der Waals surface area contributed by atoms with Crippen LogP contribution in [-0.2, 0) is 30.6 Å². The second kappa shape index (κ2) is 10.2. The van der Waals surface area contributed by atoms with Crippen molar-refractivity contribution in [1.29, 1.82) is 0 Å². The molecule has 0 radical (unpaired) electrons. The van der Waals surface area contributed by atoms with Gasteiger partial charge >= 0.3 is 11.9 Å². The van der Waals surface area contributed by atoms with Gasteiger partial charge in [0.05, 0.1) is 0 Å². The molecule has 0 bridgehead atoms. The molecule has 4 heterocycles. The van der Waals surface area contributed by atoms with Gasteiger partial charge in [0.2, 0.25) is 5.60 Å². The van der Waals surface area contributed by atoms with Crippen molar-refractivity contribution in [3.63, 3.8) is 0 Å². The number of nitrogens with zero attached hydrogens (tertiary/aromatic N) is 4. The van der Waals surface area contributed by atoms with Gasteiger partial charge in [-0.15, -0.1) is 23.1 Å². The van der Waals surface area contributed by atoms with Gasteiger partial charge < -0.3 is 26.1 Å². The Kier molecular flexibility index (Phi) is 7.18. The first kappa shape index (κ1) is 26.1. The van der Waals surface area contributed by atoms with Gasteiger partial charge in [-0.05, 0) is 13.8 Å². The Morgan fingerprint density at radius 2 is 2.00 bits per heavy atom. The number of amides is 2. The molecule has 2 aliphatic rings. The lowest BCUT2D eigenvalue weighted by atomic mass is 10.0. The fourth-order valence-electron chi connectivity index (χ4n) is 3.57. The number of fused-ring (bicyclic) bond motifs is 1. The van der Waals surface area contributed by atoms with Crippen molar-refractivity contribution in [3.05, 3.63) is 52.9 Å². The number of thioether (sulfide) groups is 1. The number of carbonyl (C=O) groups is 4. The molecule has 0 aliphatic carbocycles. The van der Waals surface area contributed by atoms with E-state index in [1.165, 1.54) is 35.9 Å². The van der Waals surface area contributed by atoms with Crippen LogP contribution in [0, 0.1) is 0 Å². The van der Waals surface area contributed by atoms with E-state index in [1.54, 1.807) is 12.4 Å². The number of aromatic nitrogens is 2. The summed E-state index contributed by atoms with van der Waals surface area (Å²) >= 11 is 2.35. The van der Waals surface area contributed by atoms with Crippen LogP contribution in [0.4, 0.5) is 5.13 Å². The maximum Gasteiger partial charge on any atom is 0.352 e. The van der Waals surface area contributed by atoms with Crippen molar-refractivity contribution in [1.82, 2.24) is 15.2 Å². The SMILES string of the molecule is CC(C)(O/N=C(/C(=O)N[C@H]1C(=O)N2C(C(=O)O)=C(C[n+]3ccccc3)CS[C@H]12)c1csc(N)n1)C(=O)O. The Balaban J connectivity index is 1.55. The van der Waals surface area contributed by atoms with E-state index in [1.807, 2.05) is 22.8 Å². The summed E-state index contributed by atoms with van der Waals surface area (Å²) in [6.45, 7) is 2.80. The highest BCUT2D eigenvalue weighted by Gasteiger charge is 2.54. The minimum absolute atomic E-state index is 0.0365. The monoisotopic (exact) mass is 547 g/mol. The third kappa shape index (κ3) is 5.27. The summed E-state index contributed by atoms with van der Waals surface area (Å²) in [5, 5.41) is 26.3. The summed E-state index contributed by atoms with van der Waals surface area (Å²) in [7, 11) is 0. The number of carbonyl (C=O) groups excluding carboxylic acids is 2. The van der Waals surface area contributed by atoms with E-state index in [2.05, 4.69) is 15.5 Å². The lowest BCUT2D eigenvalue weighted by molar-refractivity contribution is -0.689. The second-order valence-electron chi connectivity index (χ2n) is 8.58. The molecule has 15 heteroatoms. The molecule has 0 aromatic carbocycles. The number of aliphatic carboxylic acids is 2. The number of nitrogen functional groups attached to an aromatic ring is 1. The third-order valence-electron chi connectivity index (χ3n) is 5.55. The van der Waals surface area contributed by atoms with Crippen molar-refractivity contribution in [3.8, 4) is 0 Å². The van der Waals surface area contributed by atoms with Crippen LogP contribution in [0.2, 0.25) is 0 Å². The molecule has 4 rings (SSSR count). The topological polar surface area (TPSA) is 188 Å². The van der Waals surface area contributed by atoms with Gasteiger partial charge in [-0.3, -0.25) is 14.5 Å². The van der Waals surface area contributed by atoms with Gasteiger partial charge in [-0.1, -0.05) is 11.2 Å². The van der Waals surface area contributed by atoms with Crippen LogP contribution in [0.5, 0.6) is 0 Å². The van der Waals surface area contributed by atoms with Crippen molar-refractivity contribution in [2.24, 2.45) is 5.16 Å². The number of oxime groups is 1. The highest BCUT2D eigenvalue weighted by molar-refractivity contribution is 8.00. The van der Waals surface area contributed by atoms with Crippen LogP contribution in [0.1, 0.15) is 19.5 Å². The van der Waals surface area contributed by atoms with Gasteiger partial charge in [0, 0.05) is 28.8 Å². The van der Waals surface area contributed by atoms with E-state index in [0.717, 1.165) is 11.3 Å². The molecule has 0 saturated carbocycles. The van der Waals surface area contributed by atoms with Crippen LogP contribution in [0.25, 0.3) is 0 Å². The zero-order valence-electron chi connectivity index (χ0n) is 19.7. The summed E-state index contributed by atoms with van der Waals surface area (Å²) in [6.07, 6.45) is 3.59. The molecular weight excluding hydrogens is 524 g/mol. The normalized spacial score (nSPS) is 19.7. The number of nitrogens with one attached hydrogen (secondary N) is 1. The summed E-state index contributed by atoms with van der Waals surface area (Å²) < 4.78 is 1.81. The van der Waals surface area contributed by atoms with Crippen LogP contribution >= 0.6 is 23.1 Å². The quantitative estimate of drug-likeness (QED) is 0.144. The van der Waals surface area contributed by atoms with Gasteiger partial charge in [-0.2, -0.15) is 0 Å². The largest absolute Gasteiger partial charge is 0.478 e. The lowest BCUT2D eigenvalue weighted by Crippen LogP contribution is -2.71. The summed E-state index contributed by atoms with van der Waals surface area (Å²) in [5.41, 5.74) is 4.04. The predicted octanol–water partition coefficient (Wildman–Crippen LogP) is 0.0355. The number of carboxylic acid groups (broad SMARTS) is 2. The van der Waals surface area contributed by atoms with Gasteiger partial charge in [0.15, 0.2) is 29.8 Å². The van der Waals surface area contributed by atoms with Gasteiger partial charge in [0.25, 0.3) is 11.8 Å². The fraction of sp³-hybridized carbons (Fsp3) is 0.318. The summed E-state index contributed by atoms with van der Waals surface area (Å²) in [6, 6.07) is 4.44. The standard InChI is InChI=1S/C22H22N6O7S2/c1-22(2,20(33)34)35-26-13(12-10-37-21(23)24-12)16(29)25-14-17(30)28-15(19(31)32)11(9-36-18(14)28)8-27-6-4-3-5-7-27/h3-7,10,14,18H,8-9H2,1-2H3,(H4-,23,24,25,29,31,32,33,34)/p+1/b26-13+/t14-,18+/m0/s1. The van der Waals surface area contributed by atoms with E-state index in [4.69, 9.17) is 10.6 Å². The first-order chi connectivity index (χ1) is 17.5. The first-order valence-electron chi connectivity index (χ1n) is 10.9. The van der Waals surface area contributed by atoms with E-state index in [0.29, 0.717) is 17.9 Å². The number of hydrogen-bond acceptors (Lipinski definition) is 10. The van der Waals surface area contributed by atoms with Crippen LogP contribution in [0.3, 0.4) is 0 Å². The number of nitrogens with two attached hydrogens (primary N) is 1. The molecule has 2 aliphatic heterocycles. The summed E-state index contributed by atoms with van der Waals surface area (Å²) in [5.74, 6) is -3.66. The molecule has 37 heavy (non-hydrogen) atoms. The first-order valence-corrected chi connectivity index (χ1v) is 12.8. The smallest absolute Gasteiger partial charge is 0.352 e. The number of anilines is 1. The third-order valence-corrected chi connectivity index (χ3v) is 7.56. The maximum absolute atomic E-state index is 13.1. The van der Waals surface area contributed by atoms with Crippen LogP contribution < -0.4 is 15.6 Å². The molecule has 2 amide bonds. The number of hydrogen-bond donors (Lipinski definition) is 4. The van der Waals surface area contributed by atoms with Crippen LogP contribution in [-0.4, -0.2) is 72.3 Å². The van der Waals surface area contributed by atoms with Gasteiger partial charge in [0.1, 0.15) is 22.8 Å². The Morgan fingerprint density at radius 3 is 2.59 bits per heavy atom. The molecule has 2 aromatic rings. The maximum atomic E-state index is 13.1. The Labute approximate surface area is 218 Å². The second-order valence-corrected chi connectivity index (χ2v) is 10.6.